The van der Waals surface area contributed by atoms with Crippen LogP contribution in [-0.4, -0.2) is 107 Å². The summed E-state index contributed by atoms with van der Waals surface area (Å²) in [7, 11) is -19.8. The molecule has 0 N–H and O–H groups in total. The van der Waals surface area contributed by atoms with Crippen LogP contribution in [0, 0.1) is 41.0 Å². The van der Waals surface area contributed by atoms with Gasteiger partial charge in [-0.3, -0.25) is 59.9 Å². The van der Waals surface area contributed by atoms with Gasteiger partial charge < -0.3 is 28.4 Å². The number of aromatic nitrogens is 6. The molecule has 12 rings (SSSR count). The zero-order chi connectivity index (χ0) is 99.4. The van der Waals surface area contributed by atoms with Gasteiger partial charge in [0.15, 0.2) is 0 Å². The number of halogens is 4. The van der Waals surface area contributed by atoms with Crippen molar-refractivity contribution >= 4 is 37.3 Å². The molecule has 0 unspecified atom stereocenters. The summed E-state index contributed by atoms with van der Waals surface area (Å²) in [6.45, 7) is 16.4. The van der Waals surface area contributed by atoms with Crippen molar-refractivity contribution in [3.8, 4) is 34.5 Å². The summed E-state index contributed by atoms with van der Waals surface area (Å²) in [6.07, 6.45) is 30.1. The maximum absolute atomic E-state index is 8.49. The third-order valence-corrected chi connectivity index (χ3v) is 18.8. The van der Waals surface area contributed by atoms with E-state index in [1.165, 1.54) is 33.4 Å². The molecule has 6 heterocycles. The summed E-state index contributed by atoms with van der Waals surface area (Å²) >= 11 is 0. The van der Waals surface area contributed by atoms with Crippen LogP contribution in [0.3, 0.4) is 0 Å². The largest absolute Gasteiger partial charge is 2.00 e. The van der Waals surface area contributed by atoms with Gasteiger partial charge in [0.1, 0.15) is 34.5 Å². The van der Waals surface area contributed by atoms with Gasteiger partial charge in [0.25, 0.3) is 0 Å². The maximum atomic E-state index is 8.49. The molecule has 6 aromatic heterocycles. The number of ether oxygens (including phenoxy) is 6. The molecule has 0 radical (unpaired) electrons. The van der Waals surface area contributed by atoms with Crippen LogP contribution in [0.2, 0.25) is 0 Å². The summed E-state index contributed by atoms with van der Waals surface area (Å²) in [5, 5.41) is 0. The van der Waals surface area contributed by atoms with Gasteiger partial charge in [-0.15, -0.1) is 41.0 Å². The van der Waals surface area contributed by atoms with Crippen LogP contribution in [0.15, 0.2) is 322 Å². The Bertz CT molecular complexity index is 4510. The fourth-order valence-corrected chi connectivity index (χ4v) is 11.6. The fraction of sp³-hybridized carbons (Fsp3) is 0.273. The molecule has 0 bridgehead atoms. The second kappa shape index (κ2) is 67.8. The van der Waals surface area contributed by atoms with Gasteiger partial charge in [0.05, 0.1) is 147 Å². The first-order valence-corrected chi connectivity index (χ1v) is 47.9. The molecule has 139 heavy (non-hydrogen) atoms. The SMILES string of the molecule is C[C@H](N=Cc1ccc(OCCCCCOc2ccc(C=N[C@@H](C)c3ccccc3)nc2)cn1)c1ccccc1.C[C@H](N=Cc1ccc(OCCCCCOc2ccc(C=N[C@@H](C)c3ccccc3)nc2)cn1)c1ccccc1.C[C@H](N=Cc1ccc(OCCCCCOc2ccc(C=N[C@@H](C)c3ccccc3)nc2)cn1)c1ccccc1.[Fe+2].[Fe+2].[O-][Cl+3]([O-])([O-])[O-].[O-][Cl+3]([O-])([O-])[O-].[O-][Cl+3]([O-])([O-])[O-].[O-][Cl+3]([O-])([O-])[O-]. The molecule has 6 aromatic carbocycles. The van der Waals surface area contributed by atoms with E-state index in [0.717, 1.165) is 126 Å². The van der Waals surface area contributed by atoms with Gasteiger partial charge in [0.2, 0.25) is 0 Å². The first kappa shape index (κ1) is 120. The summed E-state index contributed by atoms with van der Waals surface area (Å²) in [5.41, 5.74) is 12.0. The Morgan fingerprint density at radius 2 is 0.324 bits per heavy atom. The van der Waals surface area contributed by atoms with E-state index in [9.17, 15) is 0 Å². The second-order valence-electron chi connectivity index (χ2n) is 29.5. The molecule has 0 spiro atoms. The average Bonchev–Trinajstić information content (AvgIpc) is 0.903. The number of pyridine rings is 6. The molecule has 0 aliphatic rings. The van der Waals surface area contributed by atoms with Crippen LogP contribution in [0.25, 0.3) is 0 Å². The van der Waals surface area contributed by atoms with Gasteiger partial charge in [0, 0.05) is 37.3 Å². The molecule has 40 heteroatoms. The molecule has 0 saturated heterocycles. The third-order valence-electron chi connectivity index (χ3n) is 18.8. The van der Waals surface area contributed by atoms with E-state index < -0.39 is 41.0 Å². The Labute approximate surface area is 838 Å². The summed E-state index contributed by atoms with van der Waals surface area (Å²) in [6, 6.07) is 85.2. The molecule has 0 aliphatic carbocycles. The summed E-state index contributed by atoms with van der Waals surface area (Å²) in [4.78, 5) is 54.2. The minimum Gasteiger partial charge on any atom is -0.492 e. The van der Waals surface area contributed by atoms with Gasteiger partial charge in [-0.05, 0) is 206 Å². The van der Waals surface area contributed by atoms with E-state index in [-0.39, 0.29) is 70.4 Å². The number of hydrogen-bond donors (Lipinski definition) is 0. The van der Waals surface area contributed by atoms with E-state index in [0.29, 0.717) is 39.6 Å². The van der Waals surface area contributed by atoms with Crippen molar-refractivity contribution in [2.45, 2.75) is 136 Å². The van der Waals surface area contributed by atoms with E-state index in [1.807, 2.05) is 219 Å². The standard InChI is InChI=1S/3C33H36N4O2.4ClHO4.2Fe/c3*1-26(28-12-6-3-7-13-28)34-22-30-16-18-32(24-36-30)38-20-10-5-11-21-39-33-19-17-31(37-25-33)23-35-27(2)29-14-8-4-9-15-29;4*2-1(3,4)5;;/h3*3-4,6-9,12-19,22-27H,5,10-11,20-21H2,1-2H3;4*(H,2,3,4,5);;/q;;;;;;;2*+2/p-4/t3*26-,27-;;;;;;/m000....../s1. The Morgan fingerprint density at radius 1 is 0.201 bits per heavy atom. The van der Waals surface area contributed by atoms with Gasteiger partial charge in [-0.25, -0.2) is 74.5 Å². The van der Waals surface area contributed by atoms with E-state index in [2.05, 4.69) is 174 Å². The maximum Gasteiger partial charge on any atom is 2.00 e. The molecule has 0 saturated carbocycles. The Kier molecular flexibility index (Phi) is 58.5. The number of nitrogens with zero attached hydrogens (tertiary/aromatic N) is 12. The van der Waals surface area contributed by atoms with Crippen LogP contribution in [0.4, 0.5) is 0 Å². The number of aliphatic imine (C=N–C) groups is 6. The monoisotopic (exact) mass is 2070 g/mol. The van der Waals surface area contributed by atoms with Crippen LogP contribution < -0.4 is 103 Å². The van der Waals surface area contributed by atoms with Crippen molar-refractivity contribution in [1.82, 2.24) is 29.9 Å². The van der Waals surface area contributed by atoms with Crippen LogP contribution in [0.1, 0.15) is 203 Å². The number of unbranched alkanes of at least 4 members (excludes halogenated alkanes) is 6. The number of benzene rings is 6. The minimum absolute atomic E-state index is 0. The van der Waals surface area contributed by atoms with Crippen LogP contribution >= 0.6 is 0 Å². The first-order chi connectivity index (χ1) is 65.5. The zero-order valence-corrected chi connectivity index (χ0v) is 82.0. The summed E-state index contributed by atoms with van der Waals surface area (Å²) < 4.78 is 171. The summed E-state index contributed by atoms with van der Waals surface area (Å²) in [5.74, 6) is 4.62. The quantitative estimate of drug-likeness (QED) is 0.0300. The van der Waals surface area contributed by atoms with Crippen molar-refractivity contribution in [2.24, 2.45) is 30.0 Å². The molecular weight excluding hydrogens is 1960 g/mol. The van der Waals surface area contributed by atoms with E-state index in [1.54, 1.807) is 37.2 Å². The van der Waals surface area contributed by atoms with Crippen LogP contribution in [0.5, 0.6) is 34.5 Å². The first-order valence-electron chi connectivity index (χ1n) is 43.0. The molecule has 740 valence electrons. The second-order valence-corrected chi connectivity index (χ2v) is 32.5. The predicted octanol–water partition coefficient (Wildman–Crippen LogP) is 3.37. The Morgan fingerprint density at radius 3 is 0.432 bits per heavy atom. The molecule has 6 atom stereocenters. The van der Waals surface area contributed by atoms with E-state index >= 15 is 0 Å². The molecule has 34 nitrogen and oxygen atoms in total. The van der Waals surface area contributed by atoms with Crippen molar-refractivity contribution in [1.29, 1.82) is 0 Å². The van der Waals surface area contributed by atoms with Gasteiger partial charge in [-0.2, -0.15) is 0 Å². The van der Waals surface area contributed by atoms with Crippen molar-refractivity contribution in [3.05, 3.63) is 360 Å². The number of rotatable bonds is 42. The average molecular weight is 2070 g/mol. The van der Waals surface area contributed by atoms with Gasteiger partial charge >= 0.3 is 34.1 Å². The minimum atomic E-state index is -4.94. The smallest absolute Gasteiger partial charge is 0.492 e. The zero-order valence-electron chi connectivity index (χ0n) is 76.8. The van der Waals surface area contributed by atoms with Crippen molar-refractivity contribution < 1.29 is 178 Å². The fourth-order valence-electron chi connectivity index (χ4n) is 11.6. The van der Waals surface area contributed by atoms with Crippen LogP contribution in [-0.2, 0) is 34.1 Å². The Hall–Kier alpha value is -11.4. The predicted molar refractivity (Wildman–Crippen MR) is 475 cm³/mol. The molecule has 0 amide bonds. The Balaban J connectivity index is 0.000000392. The normalized spacial score (nSPS) is 12.6. The topological polar surface area (TPSA) is 576 Å². The molecule has 0 aliphatic heterocycles. The molecular formula is C99H108Cl4Fe2N12O22. The van der Waals surface area contributed by atoms with E-state index in [4.69, 9.17) is 103 Å². The van der Waals surface area contributed by atoms with Crippen molar-refractivity contribution in [3.63, 3.8) is 0 Å². The number of hydrogen-bond acceptors (Lipinski definition) is 34. The van der Waals surface area contributed by atoms with Gasteiger partial charge in [-0.1, -0.05) is 182 Å². The molecule has 0 fully saturated rings. The third kappa shape index (κ3) is 60.3. The van der Waals surface area contributed by atoms with Crippen molar-refractivity contribution in [2.75, 3.05) is 39.6 Å². The molecule has 12 aromatic rings.